The van der Waals surface area contributed by atoms with E-state index >= 15 is 0 Å². The summed E-state index contributed by atoms with van der Waals surface area (Å²) in [6.45, 7) is 0. The number of aromatic nitrogens is 3. The van der Waals surface area contributed by atoms with Crippen LogP contribution in [-0.2, 0) is 4.79 Å². The summed E-state index contributed by atoms with van der Waals surface area (Å²) in [7, 11) is 0. The normalized spacial score (nSPS) is 23.0. The molecule has 1 saturated carbocycles. The highest BCUT2D eigenvalue weighted by molar-refractivity contribution is 5.99. The van der Waals surface area contributed by atoms with E-state index in [-0.39, 0.29) is 6.04 Å². The molecule has 6 heteroatoms. The number of hydrogen-bond acceptors (Lipinski definition) is 5. The first kappa shape index (κ1) is 14.7. The standard InChI is InChI=1S/C19H21N5O/c25-16-7-5-11-4-6-13(10-15(11)16)22-19-23-17-14(8-9-20-17)18(24-19)21-12-2-1-3-12/h4,6,8-9,12-13H,1-3,5,7,10H2,(H3,20,21,22,23,24). The smallest absolute Gasteiger partial charge is 0.227 e. The molecule has 0 aromatic carbocycles. The highest BCUT2D eigenvalue weighted by Crippen LogP contribution is 2.32. The number of aromatic amines is 1. The van der Waals surface area contributed by atoms with E-state index in [1.807, 2.05) is 12.3 Å². The van der Waals surface area contributed by atoms with Crippen molar-refractivity contribution in [2.75, 3.05) is 10.6 Å². The molecule has 0 amide bonds. The number of nitrogens with one attached hydrogen (secondary N) is 3. The SMILES string of the molecule is O=C1CCC2=C1CC(Nc1nc(NC3CCC3)c3cc[nH]c3n1)C=C2. The van der Waals surface area contributed by atoms with Gasteiger partial charge in [-0.15, -0.1) is 0 Å². The summed E-state index contributed by atoms with van der Waals surface area (Å²) in [4.78, 5) is 24.5. The van der Waals surface area contributed by atoms with Crippen LogP contribution in [0.5, 0.6) is 0 Å². The molecule has 0 spiro atoms. The van der Waals surface area contributed by atoms with Crippen LogP contribution < -0.4 is 10.6 Å². The minimum Gasteiger partial charge on any atom is -0.367 e. The lowest BCUT2D eigenvalue weighted by Crippen LogP contribution is -2.28. The number of H-pyrrole nitrogens is 1. The Labute approximate surface area is 145 Å². The van der Waals surface area contributed by atoms with Crippen molar-refractivity contribution < 1.29 is 4.79 Å². The van der Waals surface area contributed by atoms with Gasteiger partial charge in [0.15, 0.2) is 5.78 Å². The molecule has 0 aliphatic heterocycles. The van der Waals surface area contributed by atoms with E-state index in [4.69, 9.17) is 4.98 Å². The Bertz CT molecular complexity index is 906. The fourth-order valence-corrected chi connectivity index (χ4v) is 3.80. The lowest BCUT2D eigenvalue weighted by molar-refractivity contribution is -0.115. The van der Waals surface area contributed by atoms with Gasteiger partial charge in [-0.25, -0.2) is 0 Å². The van der Waals surface area contributed by atoms with Gasteiger partial charge in [-0.1, -0.05) is 12.2 Å². The molecule has 6 nitrogen and oxygen atoms in total. The molecule has 0 radical (unpaired) electrons. The summed E-state index contributed by atoms with van der Waals surface area (Å²) in [5.41, 5.74) is 3.01. The van der Waals surface area contributed by atoms with Gasteiger partial charge < -0.3 is 15.6 Å². The van der Waals surface area contributed by atoms with E-state index in [9.17, 15) is 4.79 Å². The van der Waals surface area contributed by atoms with Crippen LogP contribution in [0.4, 0.5) is 11.8 Å². The molecule has 1 fully saturated rings. The lowest BCUT2D eigenvalue weighted by atomic mass is 9.93. The zero-order chi connectivity index (χ0) is 16.8. The highest BCUT2D eigenvalue weighted by Gasteiger charge is 2.27. The Morgan fingerprint density at radius 3 is 2.92 bits per heavy atom. The molecular weight excluding hydrogens is 314 g/mol. The van der Waals surface area contributed by atoms with Crippen LogP contribution in [0.2, 0.25) is 0 Å². The third-order valence-electron chi connectivity index (χ3n) is 5.48. The molecule has 3 aliphatic rings. The van der Waals surface area contributed by atoms with Crippen molar-refractivity contribution in [2.45, 2.75) is 50.6 Å². The Hall–Kier alpha value is -2.63. The van der Waals surface area contributed by atoms with Crippen LogP contribution in [0, 0.1) is 0 Å². The zero-order valence-electron chi connectivity index (χ0n) is 14.0. The number of anilines is 2. The van der Waals surface area contributed by atoms with Crippen molar-refractivity contribution in [1.29, 1.82) is 0 Å². The summed E-state index contributed by atoms with van der Waals surface area (Å²) in [5.74, 6) is 1.77. The van der Waals surface area contributed by atoms with Crippen molar-refractivity contribution in [3.05, 3.63) is 35.6 Å². The lowest BCUT2D eigenvalue weighted by Gasteiger charge is -2.27. The first-order valence-corrected chi connectivity index (χ1v) is 9.08. The second-order valence-corrected chi connectivity index (χ2v) is 7.15. The fourth-order valence-electron chi connectivity index (χ4n) is 3.80. The van der Waals surface area contributed by atoms with Crippen molar-refractivity contribution >= 4 is 28.6 Å². The largest absolute Gasteiger partial charge is 0.367 e. The summed E-state index contributed by atoms with van der Waals surface area (Å²) in [6.07, 6.45) is 12.0. The number of Topliss-reactive ketones (excluding diaryl/α,β-unsaturated/α-hetero) is 1. The minimum absolute atomic E-state index is 0.0600. The average Bonchev–Trinajstić information content (AvgIpc) is 3.18. The first-order valence-electron chi connectivity index (χ1n) is 9.08. The van der Waals surface area contributed by atoms with E-state index < -0.39 is 0 Å². The summed E-state index contributed by atoms with van der Waals surface area (Å²) >= 11 is 0. The number of carbonyl (C=O) groups is 1. The zero-order valence-corrected chi connectivity index (χ0v) is 14.0. The summed E-state index contributed by atoms with van der Waals surface area (Å²) in [5, 5.41) is 7.95. The van der Waals surface area contributed by atoms with Crippen LogP contribution >= 0.6 is 0 Å². The average molecular weight is 335 g/mol. The molecule has 0 saturated heterocycles. The van der Waals surface area contributed by atoms with Crippen molar-refractivity contribution in [1.82, 2.24) is 15.0 Å². The minimum atomic E-state index is 0.0600. The number of hydrogen-bond donors (Lipinski definition) is 3. The number of nitrogens with zero attached hydrogens (tertiary/aromatic N) is 2. The van der Waals surface area contributed by atoms with Crippen molar-refractivity contribution in [3.8, 4) is 0 Å². The molecule has 5 rings (SSSR count). The van der Waals surface area contributed by atoms with E-state index in [0.29, 0.717) is 24.2 Å². The summed E-state index contributed by atoms with van der Waals surface area (Å²) in [6, 6.07) is 2.58. The van der Waals surface area contributed by atoms with Gasteiger partial charge in [0, 0.05) is 30.7 Å². The quantitative estimate of drug-likeness (QED) is 0.798. The van der Waals surface area contributed by atoms with Gasteiger partial charge in [0.05, 0.1) is 11.4 Å². The predicted octanol–water partition coefficient (Wildman–Crippen LogP) is 3.32. The fraction of sp³-hybridized carbons (Fsp3) is 0.421. The molecule has 3 aliphatic carbocycles. The van der Waals surface area contributed by atoms with Gasteiger partial charge in [0.1, 0.15) is 11.5 Å². The van der Waals surface area contributed by atoms with Gasteiger partial charge in [0.2, 0.25) is 5.95 Å². The van der Waals surface area contributed by atoms with E-state index in [1.165, 1.54) is 24.8 Å². The Morgan fingerprint density at radius 2 is 2.08 bits per heavy atom. The molecular formula is C19H21N5O. The maximum Gasteiger partial charge on any atom is 0.227 e. The number of fused-ring (bicyclic) bond motifs is 1. The predicted molar refractivity (Wildman–Crippen MR) is 97.6 cm³/mol. The molecule has 2 aromatic heterocycles. The topological polar surface area (TPSA) is 82.7 Å². The molecule has 1 atom stereocenters. The second-order valence-electron chi connectivity index (χ2n) is 7.15. The number of carbonyl (C=O) groups excluding carboxylic acids is 1. The Morgan fingerprint density at radius 1 is 1.16 bits per heavy atom. The van der Waals surface area contributed by atoms with Crippen molar-refractivity contribution in [3.63, 3.8) is 0 Å². The molecule has 2 heterocycles. The molecule has 25 heavy (non-hydrogen) atoms. The first-order chi connectivity index (χ1) is 12.3. The maximum atomic E-state index is 12.0. The monoisotopic (exact) mass is 335 g/mol. The summed E-state index contributed by atoms with van der Waals surface area (Å²) < 4.78 is 0. The molecule has 1 unspecified atom stereocenters. The van der Waals surface area contributed by atoms with Gasteiger partial charge in [0.25, 0.3) is 0 Å². The van der Waals surface area contributed by atoms with E-state index in [2.05, 4.69) is 32.8 Å². The van der Waals surface area contributed by atoms with Gasteiger partial charge in [-0.05, 0) is 37.3 Å². The third kappa shape index (κ3) is 2.62. The van der Waals surface area contributed by atoms with E-state index in [1.54, 1.807) is 0 Å². The third-order valence-corrected chi connectivity index (χ3v) is 5.48. The van der Waals surface area contributed by atoms with Crippen LogP contribution in [-0.4, -0.2) is 32.8 Å². The second kappa shape index (κ2) is 5.72. The number of rotatable bonds is 4. The maximum absolute atomic E-state index is 12.0. The highest BCUT2D eigenvalue weighted by atomic mass is 16.1. The molecule has 128 valence electrons. The van der Waals surface area contributed by atoms with Crippen LogP contribution in [0.15, 0.2) is 35.6 Å². The van der Waals surface area contributed by atoms with Crippen LogP contribution in [0.3, 0.4) is 0 Å². The Kier molecular flexibility index (Phi) is 3.36. The molecule has 0 bridgehead atoms. The van der Waals surface area contributed by atoms with Crippen LogP contribution in [0.25, 0.3) is 11.0 Å². The molecule has 3 N–H and O–H groups in total. The number of ketones is 1. The van der Waals surface area contributed by atoms with Crippen molar-refractivity contribution in [2.24, 2.45) is 0 Å². The van der Waals surface area contributed by atoms with Gasteiger partial charge in [-0.2, -0.15) is 9.97 Å². The van der Waals surface area contributed by atoms with E-state index in [0.717, 1.165) is 35.3 Å². The van der Waals surface area contributed by atoms with Crippen LogP contribution in [0.1, 0.15) is 38.5 Å². The van der Waals surface area contributed by atoms with Gasteiger partial charge in [-0.3, -0.25) is 4.79 Å². The van der Waals surface area contributed by atoms with Gasteiger partial charge >= 0.3 is 0 Å². The molecule has 2 aromatic rings. The number of allylic oxidation sites excluding steroid dienone is 2. The Balaban J connectivity index is 1.39.